The van der Waals surface area contributed by atoms with Gasteiger partial charge in [-0.1, -0.05) is 62.9 Å². The predicted octanol–water partition coefficient (Wildman–Crippen LogP) is -2.70. The van der Waals surface area contributed by atoms with Gasteiger partial charge in [0.2, 0.25) is 0 Å². The van der Waals surface area contributed by atoms with Crippen LogP contribution in [0.3, 0.4) is 0 Å². The molecular weight excluding hydrogens is 274 g/mol. The van der Waals surface area contributed by atoms with Crippen LogP contribution in [-0.2, 0) is 15.0 Å². The minimum Gasteiger partial charge on any atom is -1.00 e. The summed E-state index contributed by atoms with van der Waals surface area (Å²) in [4.78, 5) is 23.1. The van der Waals surface area contributed by atoms with Gasteiger partial charge < -0.3 is 13.1 Å². The third-order valence-corrected chi connectivity index (χ3v) is 3.40. The van der Waals surface area contributed by atoms with E-state index in [2.05, 4.69) is 6.92 Å². The molecule has 2 N–H and O–H groups in total. The van der Waals surface area contributed by atoms with Crippen molar-refractivity contribution in [1.82, 2.24) is 0 Å². The Bertz CT molecular complexity index is 432. The van der Waals surface area contributed by atoms with Crippen molar-refractivity contribution in [3.05, 3.63) is 35.9 Å². The van der Waals surface area contributed by atoms with Crippen molar-refractivity contribution >= 4 is 11.9 Å². The fourth-order valence-electron chi connectivity index (χ4n) is 2.24. The minimum atomic E-state index is -1.82. The molecule has 1 rings (SSSR count). The van der Waals surface area contributed by atoms with Crippen LogP contribution in [0.2, 0.25) is 0 Å². The van der Waals surface area contributed by atoms with E-state index in [9.17, 15) is 19.8 Å². The summed E-state index contributed by atoms with van der Waals surface area (Å²) in [5, 5.41) is 18.8. The first-order valence-electron chi connectivity index (χ1n) is 6.58. The smallest absolute Gasteiger partial charge is 1.00 e. The topological polar surface area (TPSA) is 74.6 Å². The van der Waals surface area contributed by atoms with Crippen LogP contribution < -0.4 is 48.4 Å². The first-order chi connectivity index (χ1) is 9.05. The van der Waals surface area contributed by atoms with Crippen LogP contribution in [0, 0.1) is 0 Å². The summed E-state index contributed by atoms with van der Waals surface area (Å²) in [6, 6.07) is 8.23. The molecule has 0 aliphatic rings. The Morgan fingerprint density at radius 3 is 2.00 bits per heavy atom. The van der Waals surface area contributed by atoms with Crippen molar-refractivity contribution in [2.24, 2.45) is 0 Å². The van der Waals surface area contributed by atoms with Crippen molar-refractivity contribution in [3.8, 4) is 0 Å². The van der Waals surface area contributed by atoms with Crippen LogP contribution in [0.4, 0.5) is 0 Å². The van der Waals surface area contributed by atoms with E-state index in [-0.39, 0.29) is 57.7 Å². The Morgan fingerprint density at radius 1 is 1.05 bits per heavy atom. The molecule has 0 unspecified atom stereocenters. The van der Waals surface area contributed by atoms with E-state index >= 15 is 0 Å². The zero-order chi connectivity index (χ0) is 14.3. The molecule has 0 aliphatic heterocycles. The van der Waals surface area contributed by atoms with E-state index in [1.807, 2.05) is 0 Å². The molecule has 0 fully saturated rings. The maximum atomic E-state index is 11.5. The van der Waals surface area contributed by atoms with Gasteiger partial charge in [0.05, 0.1) is 0 Å². The Kier molecular flexibility index (Phi) is 12.4. The van der Waals surface area contributed by atoms with Crippen LogP contribution in [-0.4, -0.2) is 22.2 Å². The number of carboxylic acid groups (broad SMARTS) is 2. The summed E-state index contributed by atoms with van der Waals surface area (Å²) in [6.45, 7) is 2.05. The van der Waals surface area contributed by atoms with Gasteiger partial charge in [-0.05, 0) is 12.0 Å². The number of hydrogen-bond donors (Lipinski definition) is 2. The van der Waals surface area contributed by atoms with Crippen LogP contribution in [0.1, 0.15) is 47.4 Å². The molecule has 0 atom stereocenters. The average molecular weight is 296 g/mol. The third-order valence-electron chi connectivity index (χ3n) is 3.40. The van der Waals surface area contributed by atoms with Crippen molar-refractivity contribution < 1.29 is 71.1 Å². The molecule has 1 aromatic carbocycles. The molecule has 0 aliphatic carbocycles. The summed E-state index contributed by atoms with van der Waals surface area (Å²) < 4.78 is 0. The van der Waals surface area contributed by atoms with Gasteiger partial charge in [-0.25, -0.2) is 0 Å². The van der Waals surface area contributed by atoms with Gasteiger partial charge in [0, 0.05) is 0 Å². The molecule has 0 saturated heterocycles. The van der Waals surface area contributed by atoms with Crippen LogP contribution >= 0.6 is 0 Å². The maximum absolute atomic E-state index is 11.5. The number of carbonyl (C=O) groups is 2. The molecule has 6 heteroatoms. The third kappa shape index (κ3) is 5.81. The molecule has 4 nitrogen and oxygen atoms in total. The fourth-order valence-corrected chi connectivity index (χ4v) is 2.24. The Labute approximate surface area is 162 Å². The van der Waals surface area contributed by atoms with Gasteiger partial charge in [0.1, 0.15) is 0 Å². The standard InChI is InChI=1S/C15H20O4.Li.Na.2H/c1-2-3-4-8-11-15(13(16)17,14(18)19)12-9-6-5-7-10-12;;;;/h5-7,9-10H,2-4,8,11H2,1H3,(H,16,17)(H,18,19);;;;/q;2*+1;2*-1. The van der Waals surface area contributed by atoms with Crippen molar-refractivity contribution in [3.63, 3.8) is 0 Å². The van der Waals surface area contributed by atoms with E-state index in [1.54, 1.807) is 30.3 Å². The molecule has 108 valence electrons. The molecule has 0 aromatic heterocycles. The largest absolute Gasteiger partial charge is 1.00 e. The maximum Gasteiger partial charge on any atom is 1.00 e. The molecule has 1 aromatic rings. The summed E-state index contributed by atoms with van der Waals surface area (Å²) in [5.41, 5.74) is -1.49. The van der Waals surface area contributed by atoms with E-state index in [1.165, 1.54) is 0 Å². The van der Waals surface area contributed by atoms with Gasteiger partial charge in [-0.15, -0.1) is 0 Å². The zero-order valence-corrected chi connectivity index (χ0v) is 15.1. The van der Waals surface area contributed by atoms with Crippen molar-refractivity contribution in [2.75, 3.05) is 0 Å². The van der Waals surface area contributed by atoms with Crippen LogP contribution in [0.25, 0.3) is 0 Å². The number of aliphatic carboxylic acids is 2. The zero-order valence-electron chi connectivity index (χ0n) is 15.1. The quantitative estimate of drug-likeness (QED) is 0.311. The van der Waals surface area contributed by atoms with Gasteiger partial charge in [-0.2, -0.15) is 0 Å². The van der Waals surface area contributed by atoms with Crippen LogP contribution in [0.5, 0.6) is 0 Å². The van der Waals surface area contributed by atoms with Crippen LogP contribution in [0.15, 0.2) is 30.3 Å². The molecular formula is C15H22LiNaO4. The number of benzene rings is 1. The van der Waals surface area contributed by atoms with Gasteiger partial charge in [0.25, 0.3) is 0 Å². The first-order valence-corrected chi connectivity index (χ1v) is 6.58. The first kappa shape index (κ1) is 23.0. The fraction of sp³-hybridized carbons (Fsp3) is 0.467. The molecule has 0 amide bonds. The van der Waals surface area contributed by atoms with Crippen molar-refractivity contribution in [1.29, 1.82) is 0 Å². The number of carboxylic acids is 2. The number of hydrogen-bond acceptors (Lipinski definition) is 2. The SMILES string of the molecule is CCCCCCC(C(=O)O)(C(=O)O)c1ccccc1.[H-].[H-].[Li+].[Na+]. The average Bonchev–Trinajstić information content (AvgIpc) is 2.39. The molecule has 0 bridgehead atoms. The number of unbranched alkanes of at least 4 members (excludes halogenated alkanes) is 3. The number of rotatable bonds is 8. The second kappa shape index (κ2) is 11.3. The van der Waals surface area contributed by atoms with Crippen molar-refractivity contribution in [2.45, 2.75) is 44.4 Å². The van der Waals surface area contributed by atoms with Gasteiger partial charge >= 0.3 is 60.4 Å². The molecule has 0 heterocycles. The summed E-state index contributed by atoms with van der Waals surface area (Å²) >= 11 is 0. The van der Waals surface area contributed by atoms with E-state index < -0.39 is 17.4 Å². The Hall–Kier alpha value is -0.243. The summed E-state index contributed by atoms with van der Waals surface area (Å²) in [6.07, 6.45) is 3.59. The van der Waals surface area contributed by atoms with Gasteiger partial charge in [-0.3, -0.25) is 9.59 Å². The summed E-state index contributed by atoms with van der Waals surface area (Å²) in [5.74, 6) is -2.58. The molecule has 0 radical (unpaired) electrons. The second-order valence-corrected chi connectivity index (χ2v) is 4.69. The predicted molar refractivity (Wildman–Crippen MR) is 74.4 cm³/mol. The molecule has 0 spiro atoms. The Balaban J connectivity index is -0.000000451. The van der Waals surface area contributed by atoms with E-state index in [4.69, 9.17) is 0 Å². The minimum absolute atomic E-state index is 0. The summed E-state index contributed by atoms with van der Waals surface area (Å²) in [7, 11) is 0. The second-order valence-electron chi connectivity index (χ2n) is 4.69. The Morgan fingerprint density at radius 2 is 1.57 bits per heavy atom. The van der Waals surface area contributed by atoms with E-state index in [0.29, 0.717) is 12.0 Å². The normalized spacial score (nSPS) is 10.1. The van der Waals surface area contributed by atoms with E-state index in [0.717, 1.165) is 19.3 Å². The molecule has 0 saturated carbocycles. The van der Waals surface area contributed by atoms with Gasteiger partial charge in [0.15, 0.2) is 5.41 Å². The molecule has 21 heavy (non-hydrogen) atoms. The monoisotopic (exact) mass is 296 g/mol.